The van der Waals surface area contributed by atoms with Gasteiger partial charge in [0.25, 0.3) is 0 Å². The topological polar surface area (TPSA) is 73.4 Å². The number of hydrogen-bond donors (Lipinski definition) is 2. The van der Waals surface area contributed by atoms with E-state index in [0.29, 0.717) is 33.6 Å². The van der Waals surface area contributed by atoms with Crippen molar-refractivity contribution >= 4 is 28.2 Å². The number of allylic oxidation sites excluding steroid dienone is 1. The maximum atomic E-state index is 14.4. The summed E-state index contributed by atoms with van der Waals surface area (Å²) in [4.78, 5) is 32.7. The Bertz CT molecular complexity index is 1500. The van der Waals surface area contributed by atoms with E-state index >= 15 is 0 Å². The van der Waals surface area contributed by atoms with E-state index < -0.39 is 11.1 Å². The van der Waals surface area contributed by atoms with Gasteiger partial charge in [-0.25, -0.2) is 0 Å². The van der Waals surface area contributed by atoms with Gasteiger partial charge in [0.05, 0.1) is 0 Å². The van der Waals surface area contributed by atoms with E-state index in [1.807, 2.05) is 67.6 Å². The van der Waals surface area contributed by atoms with Gasteiger partial charge in [0.1, 0.15) is 5.41 Å². The number of fused-ring (bicyclic) bond motifs is 4. The Morgan fingerprint density at radius 3 is 2.33 bits per heavy atom. The third-order valence-corrected chi connectivity index (χ3v) is 7.17. The van der Waals surface area contributed by atoms with Crippen LogP contribution in [0.4, 0.5) is 5.69 Å². The number of hydrogen-bond acceptors (Lipinski definition) is 4. The minimum Gasteiger partial charge on any atom is -0.365 e. The van der Waals surface area contributed by atoms with Crippen LogP contribution in [0.15, 0.2) is 96.3 Å². The normalized spacial score (nSPS) is 23.8. The van der Waals surface area contributed by atoms with Gasteiger partial charge in [-0.1, -0.05) is 60.7 Å². The van der Waals surface area contributed by atoms with Gasteiger partial charge in [0.2, 0.25) is 0 Å². The molecule has 0 radical (unpaired) electrons. The van der Waals surface area contributed by atoms with Gasteiger partial charge in [0.15, 0.2) is 17.3 Å². The zero-order valence-corrected chi connectivity index (χ0v) is 18.3. The van der Waals surface area contributed by atoms with Crippen LogP contribution < -0.4 is 4.90 Å². The Hall–Kier alpha value is -3.96. The van der Waals surface area contributed by atoms with Crippen molar-refractivity contribution in [3.05, 3.63) is 113 Å². The predicted octanol–water partition coefficient (Wildman–Crippen LogP) is 4.83. The molecule has 2 heterocycles. The minimum absolute atomic E-state index is 0.240. The van der Waals surface area contributed by atoms with Crippen molar-refractivity contribution in [2.75, 3.05) is 4.90 Å². The molecule has 33 heavy (non-hydrogen) atoms. The molecule has 1 aliphatic heterocycles. The molecule has 0 saturated carbocycles. The number of nitrogens with zero attached hydrogens (tertiary/aromatic N) is 1. The van der Waals surface area contributed by atoms with Crippen LogP contribution in [0.25, 0.3) is 10.9 Å². The standard InChI is InChI=1S/C28H22N2O3/c1-17-25(18(2)31)27(23-16-29-24-15-9-7-12-20(23)24)26(32)21-13-6-8-14-22(21)28(27,33)30(17)19-10-4-3-5-11-19/h3-16,29,33H,1-2H3. The molecule has 2 unspecified atom stereocenters. The smallest absolute Gasteiger partial charge is 0.191 e. The molecular formula is C28H22N2O3. The number of benzene rings is 3. The van der Waals surface area contributed by atoms with Gasteiger partial charge in [-0.3, -0.25) is 9.59 Å². The first-order valence-corrected chi connectivity index (χ1v) is 10.9. The first-order valence-electron chi connectivity index (χ1n) is 10.9. The number of anilines is 1. The summed E-state index contributed by atoms with van der Waals surface area (Å²) in [5, 5.41) is 13.6. The average molecular weight is 434 g/mol. The number of aromatic amines is 1. The molecule has 0 bridgehead atoms. The first-order chi connectivity index (χ1) is 15.9. The Kier molecular flexibility index (Phi) is 3.90. The second kappa shape index (κ2) is 6.53. The lowest BCUT2D eigenvalue weighted by Gasteiger charge is -2.43. The molecular weight excluding hydrogens is 412 g/mol. The third kappa shape index (κ3) is 2.15. The van der Waals surface area contributed by atoms with Crippen molar-refractivity contribution in [2.24, 2.45) is 0 Å². The van der Waals surface area contributed by atoms with Crippen LogP contribution in [0.1, 0.15) is 35.3 Å². The molecule has 162 valence electrons. The molecule has 5 nitrogen and oxygen atoms in total. The molecule has 6 rings (SSSR count). The van der Waals surface area contributed by atoms with Crippen LogP contribution in [-0.4, -0.2) is 21.7 Å². The van der Waals surface area contributed by atoms with Gasteiger partial charge < -0.3 is 15.0 Å². The van der Waals surface area contributed by atoms with Crippen molar-refractivity contribution in [1.82, 2.24) is 4.98 Å². The van der Waals surface area contributed by atoms with E-state index in [1.165, 1.54) is 6.92 Å². The number of nitrogens with one attached hydrogen (secondary N) is 1. The minimum atomic E-state index is -1.81. The zero-order valence-electron chi connectivity index (χ0n) is 18.3. The predicted molar refractivity (Wildman–Crippen MR) is 127 cm³/mol. The van der Waals surface area contributed by atoms with Crippen molar-refractivity contribution in [2.45, 2.75) is 25.0 Å². The van der Waals surface area contributed by atoms with E-state index in [9.17, 15) is 14.7 Å². The maximum absolute atomic E-state index is 14.4. The fraction of sp³-hybridized carbons (Fsp3) is 0.143. The fourth-order valence-corrected chi connectivity index (χ4v) is 6.05. The monoisotopic (exact) mass is 434 g/mol. The Morgan fingerprint density at radius 1 is 0.909 bits per heavy atom. The van der Waals surface area contributed by atoms with Crippen molar-refractivity contribution < 1.29 is 14.7 Å². The summed E-state index contributed by atoms with van der Waals surface area (Å²) in [6, 6.07) is 24.2. The average Bonchev–Trinajstić information content (AvgIpc) is 3.40. The highest BCUT2D eigenvalue weighted by atomic mass is 16.3. The maximum Gasteiger partial charge on any atom is 0.191 e. The molecule has 0 amide bonds. The lowest BCUT2D eigenvalue weighted by Crippen LogP contribution is -2.55. The Balaban J connectivity index is 1.81. The van der Waals surface area contributed by atoms with Gasteiger partial charge in [0, 0.05) is 50.7 Å². The molecule has 1 aromatic heterocycles. The molecule has 2 N–H and O–H groups in total. The number of rotatable bonds is 3. The summed E-state index contributed by atoms with van der Waals surface area (Å²) in [6.07, 6.45) is 1.77. The van der Waals surface area contributed by atoms with Crippen LogP contribution in [0, 0.1) is 0 Å². The summed E-state index contributed by atoms with van der Waals surface area (Å²) in [5.74, 6) is -0.510. The summed E-state index contributed by atoms with van der Waals surface area (Å²) in [5.41, 5.74) is 0.556. The van der Waals surface area contributed by atoms with Crippen molar-refractivity contribution in [3.8, 4) is 0 Å². The molecule has 2 atom stereocenters. The fourth-order valence-electron chi connectivity index (χ4n) is 6.05. The van der Waals surface area contributed by atoms with Crippen molar-refractivity contribution in [3.63, 3.8) is 0 Å². The SMILES string of the molecule is CC(=O)C1=C(C)N(c2ccccc2)C2(O)c3ccccc3C(=O)C12c1c[nH]c2ccccc12. The molecule has 2 aliphatic rings. The second-order valence-electron chi connectivity index (χ2n) is 8.73. The first kappa shape index (κ1) is 19.7. The lowest BCUT2D eigenvalue weighted by atomic mass is 9.66. The van der Waals surface area contributed by atoms with Crippen LogP contribution in [0.2, 0.25) is 0 Å². The van der Waals surface area contributed by atoms with E-state index in [4.69, 9.17) is 0 Å². The molecule has 0 saturated heterocycles. The van der Waals surface area contributed by atoms with Gasteiger partial charge in [-0.15, -0.1) is 0 Å². The molecule has 4 aromatic rings. The number of Topliss-reactive ketones (excluding diaryl/α,β-unsaturated/α-hetero) is 2. The summed E-state index contributed by atoms with van der Waals surface area (Å²) in [6.45, 7) is 3.28. The summed E-state index contributed by atoms with van der Waals surface area (Å²) in [7, 11) is 0. The highest BCUT2D eigenvalue weighted by Gasteiger charge is 2.73. The Labute approximate surface area is 191 Å². The van der Waals surface area contributed by atoms with Crippen LogP contribution in [-0.2, 0) is 15.9 Å². The number of ketones is 2. The lowest BCUT2D eigenvalue weighted by molar-refractivity contribution is -0.115. The van der Waals surface area contributed by atoms with Crippen LogP contribution in [0.3, 0.4) is 0 Å². The largest absolute Gasteiger partial charge is 0.365 e. The summed E-state index contributed by atoms with van der Waals surface area (Å²) < 4.78 is 0. The van der Waals surface area contributed by atoms with E-state index in [2.05, 4.69) is 4.98 Å². The van der Waals surface area contributed by atoms with E-state index in [-0.39, 0.29) is 11.6 Å². The highest BCUT2D eigenvalue weighted by molar-refractivity contribution is 6.21. The number of carbonyl (C=O) groups is 2. The number of aromatic nitrogens is 1. The molecule has 0 spiro atoms. The number of aliphatic hydroxyl groups is 1. The van der Waals surface area contributed by atoms with E-state index in [0.717, 1.165) is 10.9 Å². The molecule has 3 aromatic carbocycles. The molecule has 1 aliphatic carbocycles. The van der Waals surface area contributed by atoms with Crippen molar-refractivity contribution in [1.29, 1.82) is 0 Å². The summed E-state index contributed by atoms with van der Waals surface area (Å²) >= 11 is 0. The number of para-hydroxylation sites is 2. The highest BCUT2D eigenvalue weighted by Crippen LogP contribution is 2.64. The Morgan fingerprint density at radius 2 is 1.58 bits per heavy atom. The number of H-pyrrole nitrogens is 1. The quantitative estimate of drug-likeness (QED) is 0.484. The van der Waals surface area contributed by atoms with E-state index in [1.54, 1.807) is 29.3 Å². The van der Waals surface area contributed by atoms with Crippen LogP contribution >= 0.6 is 0 Å². The van der Waals surface area contributed by atoms with Gasteiger partial charge >= 0.3 is 0 Å². The number of carbonyl (C=O) groups excluding carboxylic acids is 2. The molecule has 0 fully saturated rings. The van der Waals surface area contributed by atoms with Gasteiger partial charge in [-0.05, 0) is 32.0 Å². The zero-order chi connectivity index (χ0) is 23.0. The van der Waals surface area contributed by atoms with Gasteiger partial charge in [-0.2, -0.15) is 0 Å². The molecule has 5 heteroatoms. The van der Waals surface area contributed by atoms with Crippen LogP contribution in [0.5, 0.6) is 0 Å². The third-order valence-electron chi connectivity index (χ3n) is 7.17. The second-order valence-corrected chi connectivity index (χ2v) is 8.73.